The van der Waals surface area contributed by atoms with Gasteiger partial charge in [-0.25, -0.2) is 14.6 Å². The van der Waals surface area contributed by atoms with Crippen molar-refractivity contribution >= 4 is 45.7 Å². The third-order valence-electron chi connectivity index (χ3n) is 3.43. The molecular formula is C15H17ClN6OS. The van der Waals surface area contributed by atoms with Crippen LogP contribution >= 0.6 is 22.9 Å². The average molecular weight is 365 g/mol. The largest absolute Gasteiger partial charge is 0.364 e. The van der Waals surface area contributed by atoms with E-state index in [2.05, 4.69) is 31.8 Å². The summed E-state index contributed by atoms with van der Waals surface area (Å²) in [5, 5.41) is 12.7. The van der Waals surface area contributed by atoms with Crippen LogP contribution < -0.4 is 10.6 Å². The standard InChI is InChI=1S/C15H17ClN6OS/c1-10(16)15(23)17-4-5-22-14-12(8-21-22)13(19-9-20-14)18-7-11-3-2-6-24-11/h2-3,6,8-10H,4-5,7H2,1H3,(H,17,23)(H,18,19,20). The molecule has 0 saturated carbocycles. The molecule has 9 heteroatoms. The molecule has 3 aromatic heterocycles. The molecule has 126 valence electrons. The average Bonchev–Trinajstić information content (AvgIpc) is 3.22. The first kappa shape index (κ1) is 16.7. The normalized spacial score (nSPS) is 12.2. The Morgan fingerprint density at radius 2 is 2.33 bits per heavy atom. The monoisotopic (exact) mass is 364 g/mol. The third kappa shape index (κ3) is 3.82. The van der Waals surface area contributed by atoms with E-state index in [1.807, 2.05) is 11.4 Å². The number of thiophene rings is 1. The summed E-state index contributed by atoms with van der Waals surface area (Å²) in [4.78, 5) is 21.3. The highest BCUT2D eigenvalue weighted by Crippen LogP contribution is 2.20. The maximum absolute atomic E-state index is 11.5. The molecule has 0 fully saturated rings. The Labute approximate surface area is 148 Å². The van der Waals surface area contributed by atoms with Gasteiger partial charge in [0.2, 0.25) is 5.91 Å². The number of nitrogens with one attached hydrogen (secondary N) is 2. The summed E-state index contributed by atoms with van der Waals surface area (Å²) < 4.78 is 1.74. The molecule has 3 aromatic rings. The van der Waals surface area contributed by atoms with E-state index < -0.39 is 5.38 Å². The maximum Gasteiger partial charge on any atom is 0.237 e. The Balaban J connectivity index is 1.68. The zero-order valence-electron chi connectivity index (χ0n) is 13.1. The summed E-state index contributed by atoms with van der Waals surface area (Å²) in [5.74, 6) is 0.555. The second kappa shape index (κ2) is 7.59. The Hall–Kier alpha value is -2.19. The Kier molecular flexibility index (Phi) is 5.27. The predicted octanol–water partition coefficient (Wildman–Crippen LogP) is 2.24. The van der Waals surface area contributed by atoms with Crippen LogP contribution in [0, 0.1) is 0 Å². The van der Waals surface area contributed by atoms with Gasteiger partial charge in [-0.1, -0.05) is 6.07 Å². The number of carbonyl (C=O) groups is 1. The van der Waals surface area contributed by atoms with E-state index in [9.17, 15) is 4.79 Å². The van der Waals surface area contributed by atoms with Crippen molar-refractivity contribution in [2.45, 2.75) is 25.4 Å². The number of anilines is 1. The fourth-order valence-electron chi connectivity index (χ4n) is 2.21. The number of carbonyl (C=O) groups excluding carboxylic acids is 1. The van der Waals surface area contributed by atoms with Crippen LogP contribution in [0.2, 0.25) is 0 Å². The molecule has 0 aromatic carbocycles. The Bertz CT molecular complexity index is 817. The number of nitrogens with zero attached hydrogens (tertiary/aromatic N) is 4. The lowest BCUT2D eigenvalue weighted by atomic mass is 10.3. The fraction of sp³-hybridized carbons (Fsp3) is 0.333. The number of hydrogen-bond donors (Lipinski definition) is 2. The van der Waals surface area contributed by atoms with Gasteiger partial charge in [-0.05, 0) is 18.4 Å². The number of halogens is 1. The summed E-state index contributed by atoms with van der Waals surface area (Å²) >= 11 is 7.41. The number of rotatable bonds is 7. The first-order valence-electron chi connectivity index (χ1n) is 7.49. The van der Waals surface area contributed by atoms with E-state index >= 15 is 0 Å². The molecule has 1 amide bonds. The molecule has 0 spiro atoms. The van der Waals surface area contributed by atoms with Crippen molar-refractivity contribution in [2.75, 3.05) is 11.9 Å². The second-order valence-electron chi connectivity index (χ2n) is 5.17. The van der Waals surface area contributed by atoms with Crippen molar-refractivity contribution in [2.24, 2.45) is 0 Å². The van der Waals surface area contributed by atoms with Crippen LogP contribution in [0.3, 0.4) is 0 Å². The van der Waals surface area contributed by atoms with E-state index in [4.69, 9.17) is 11.6 Å². The van der Waals surface area contributed by atoms with Crippen LogP contribution in [-0.4, -0.2) is 37.6 Å². The summed E-state index contributed by atoms with van der Waals surface area (Å²) in [6.07, 6.45) is 3.24. The van der Waals surface area contributed by atoms with E-state index in [0.717, 1.165) is 16.9 Å². The van der Waals surface area contributed by atoms with Crippen LogP contribution in [0.15, 0.2) is 30.0 Å². The SMILES string of the molecule is CC(Cl)C(=O)NCCn1ncc2c(NCc3cccs3)ncnc21. The zero-order chi connectivity index (χ0) is 16.9. The predicted molar refractivity (Wildman–Crippen MR) is 95.3 cm³/mol. The smallest absolute Gasteiger partial charge is 0.237 e. The Morgan fingerprint density at radius 1 is 1.46 bits per heavy atom. The first-order valence-corrected chi connectivity index (χ1v) is 8.81. The highest BCUT2D eigenvalue weighted by atomic mass is 35.5. The van der Waals surface area contributed by atoms with Gasteiger partial charge in [-0.3, -0.25) is 4.79 Å². The van der Waals surface area contributed by atoms with Crippen LogP contribution in [0.4, 0.5) is 5.82 Å². The molecule has 0 aliphatic carbocycles. The molecule has 3 heterocycles. The molecule has 24 heavy (non-hydrogen) atoms. The zero-order valence-corrected chi connectivity index (χ0v) is 14.6. The topological polar surface area (TPSA) is 84.7 Å². The van der Waals surface area contributed by atoms with E-state index in [1.54, 1.807) is 29.1 Å². The van der Waals surface area contributed by atoms with Gasteiger partial charge in [0.05, 0.1) is 24.7 Å². The Morgan fingerprint density at radius 3 is 3.08 bits per heavy atom. The van der Waals surface area contributed by atoms with Gasteiger partial charge in [-0.2, -0.15) is 5.10 Å². The number of fused-ring (bicyclic) bond motifs is 1. The molecule has 3 rings (SSSR count). The van der Waals surface area contributed by atoms with Gasteiger partial charge >= 0.3 is 0 Å². The van der Waals surface area contributed by atoms with Gasteiger partial charge in [0.15, 0.2) is 5.65 Å². The number of amides is 1. The molecule has 7 nitrogen and oxygen atoms in total. The molecule has 0 radical (unpaired) electrons. The lowest BCUT2D eigenvalue weighted by Crippen LogP contribution is -2.32. The molecule has 0 saturated heterocycles. The van der Waals surface area contributed by atoms with Crippen molar-refractivity contribution in [3.8, 4) is 0 Å². The van der Waals surface area contributed by atoms with Gasteiger partial charge in [0.25, 0.3) is 0 Å². The molecule has 0 aliphatic rings. The van der Waals surface area contributed by atoms with E-state index in [1.165, 1.54) is 11.2 Å². The highest BCUT2D eigenvalue weighted by molar-refractivity contribution is 7.09. The highest BCUT2D eigenvalue weighted by Gasteiger charge is 2.11. The van der Waals surface area contributed by atoms with Crippen LogP contribution in [0.1, 0.15) is 11.8 Å². The molecule has 1 unspecified atom stereocenters. The maximum atomic E-state index is 11.5. The lowest BCUT2D eigenvalue weighted by molar-refractivity contribution is -0.120. The van der Waals surface area contributed by atoms with Crippen molar-refractivity contribution in [1.82, 2.24) is 25.1 Å². The van der Waals surface area contributed by atoms with Crippen LogP contribution in [0.25, 0.3) is 11.0 Å². The third-order valence-corrected chi connectivity index (χ3v) is 4.50. The van der Waals surface area contributed by atoms with Crippen molar-refractivity contribution in [1.29, 1.82) is 0 Å². The van der Waals surface area contributed by atoms with Gasteiger partial charge in [0, 0.05) is 11.4 Å². The fourth-order valence-corrected chi connectivity index (χ4v) is 2.93. The number of aromatic nitrogens is 4. The summed E-state index contributed by atoms with van der Waals surface area (Å²) in [6, 6.07) is 4.09. The molecule has 0 aliphatic heterocycles. The van der Waals surface area contributed by atoms with Crippen LogP contribution in [-0.2, 0) is 17.9 Å². The summed E-state index contributed by atoms with van der Waals surface area (Å²) in [6.45, 7) is 3.30. The number of hydrogen-bond acceptors (Lipinski definition) is 6. The summed E-state index contributed by atoms with van der Waals surface area (Å²) in [7, 11) is 0. The minimum Gasteiger partial charge on any atom is -0.364 e. The van der Waals surface area contributed by atoms with E-state index in [-0.39, 0.29) is 5.91 Å². The minimum absolute atomic E-state index is 0.193. The lowest BCUT2D eigenvalue weighted by Gasteiger charge is -2.08. The quantitative estimate of drug-likeness (QED) is 0.628. The van der Waals surface area contributed by atoms with Crippen molar-refractivity contribution in [3.05, 3.63) is 34.9 Å². The van der Waals surface area contributed by atoms with Gasteiger partial charge in [-0.15, -0.1) is 22.9 Å². The van der Waals surface area contributed by atoms with E-state index in [0.29, 0.717) is 19.6 Å². The molecule has 0 bridgehead atoms. The second-order valence-corrected chi connectivity index (χ2v) is 6.85. The molecular weight excluding hydrogens is 348 g/mol. The van der Waals surface area contributed by atoms with Crippen LogP contribution in [0.5, 0.6) is 0 Å². The molecule has 1 atom stereocenters. The summed E-state index contributed by atoms with van der Waals surface area (Å²) in [5.41, 5.74) is 0.729. The van der Waals surface area contributed by atoms with Gasteiger partial charge < -0.3 is 10.6 Å². The van der Waals surface area contributed by atoms with Crippen molar-refractivity contribution < 1.29 is 4.79 Å². The first-order chi connectivity index (χ1) is 11.6. The van der Waals surface area contributed by atoms with Gasteiger partial charge in [0.1, 0.15) is 17.5 Å². The molecule has 2 N–H and O–H groups in total. The minimum atomic E-state index is -0.547. The number of alkyl halides is 1. The van der Waals surface area contributed by atoms with Crippen molar-refractivity contribution in [3.63, 3.8) is 0 Å².